The molecule has 0 radical (unpaired) electrons. The summed E-state index contributed by atoms with van der Waals surface area (Å²) in [6, 6.07) is 12.0. The van der Waals surface area contributed by atoms with Gasteiger partial charge in [-0.05, 0) is 60.9 Å². The molecule has 1 heterocycles. The maximum atomic E-state index is 13.0. The maximum absolute atomic E-state index is 13.0. The third-order valence-electron chi connectivity index (χ3n) is 4.60. The van der Waals surface area contributed by atoms with Crippen LogP contribution in [-0.4, -0.2) is 45.5 Å². The van der Waals surface area contributed by atoms with Crippen LogP contribution in [0.4, 0.5) is 5.69 Å². The zero-order valence-corrected chi connectivity index (χ0v) is 16.8. The lowest BCUT2D eigenvalue weighted by molar-refractivity contribution is -0.120. The first kappa shape index (κ1) is 20.3. The fourth-order valence-electron chi connectivity index (χ4n) is 3.10. The molecule has 7 nitrogen and oxygen atoms in total. The number of carbonyl (C=O) groups is 1. The third-order valence-corrected chi connectivity index (χ3v) is 6.46. The molecule has 1 aliphatic heterocycles. The van der Waals surface area contributed by atoms with Crippen LogP contribution in [0.25, 0.3) is 0 Å². The Bertz CT molecular complexity index is 942. The fraction of sp³-hybridized carbons (Fsp3) is 0.350. The van der Waals surface area contributed by atoms with Crippen molar-refractivity contribution in [3.63, 3.8) is 0 Å². The van der Waals surface area contributed by atoms with E-state index in [-0.39, 0.29) is 24.0 Å². The Hall–Kier alpha value is -2.42. The Morgan fingerprint density at radius 2 is 1.89 bits per heavy atom. The lowest BCUT2D eigenvalue weighted by atomic mass is 10.0. The Morgan fingerprint density at radius 1 is 1.14 bits per heavy atom. The molecule has 0 spiro atoms. The molecular formula is C20H24N2O5S. The minimum atomic E-state index is -3.61. The number of methoxy groups -OCH3 is 1. The highest BCUT2D eigenvalue weighted by Crippen LogP contribution is 2.27. The Balaban J connectivity index is 1.76. The van der Waals surface area contributed by atoms with Gasteiger partial charge >= 0.3 is 0 Å². The summed E-state index contributed by atoms with van der Waals surface area (Å²) in [7, 11) is -2.07. The van der Waals surface area contributed by atoms with E-state index in [0.717, 1.165) is 11.1 Å². The van der Waals surface area contributed by atoms with Gasteiger partial charge in [-0.3, -0.25) is 4.79 Å². The van der Waals surface area contributed by atoms with Crippen molar-refractivity contribution in [1.29, 1.82) is 0 Å². The van der Waals surface area contributed by atoms with E-state index >= 15 is 0 Å². The van der Waals surface area contributed by atoms with Gasteiger partial charge in [-0.2, -0.15) is 4.31 Å². The zero-order valence-electron chi connectivity index (χ0n) is 16.0. The second kappa shape index (κ2) is 8.72. The van der Waals surface area contributed by atoms with Crippen LogP contribution in [-0.2, 0) is 32.5 Å². The SMILES string of the molecule is CCOCC(=O)Nc1ccc2c(c1)CN(S(=O)(=O)c1ccc(OC)cc1)CC2. The normalized spacial score (nSPS) is 14.4. The van der Waals surface area contributed by atoms with Crippen LogP contribution >= 0.6 is 0 Å². The topological polar surface area (TPSA) is 84.9 Å². The quantitative estimate of drug-likeness (QED) is 0.766. The molecule has 2 aromatic carbocycles. The second-order valence-corrected chi connectivity index (χ2v) is 8.37. The first-order valence-electron chi connectivity index (χ1n) is 9.07. The number of fused-ring (bicyclic) bond motifs is 1. The number of hydrogen-bond donors (Lipinski definition) is 1. The molecule has 8 heteroatoms. The van der Waals surface area contributed by atoms with Gasteiger partial charge in [-0.15, -0.1) is 0 Å². The molecular weight excluding hydrogens is 380 g/mol. The predicted octanol–water partition coefficient (Wildman–Crippen LogP) is 2.42. The van der Waals surface area contributed by atoms with Crippen LogP contribution in [0.1, 0.15) is 18.1 Å². The number of rotatable bonds is 7. The second-order valence-electron chi connectivity index (χ2n) is 6.43. The number of ether oxygens (including phenoxy) is 2. The van der Waals surface area contributed by atoms with Crippen molar-refractivity contribution in [1.82, 2.24) is 4.31 Å². The van der Waals surface area contributed by atoms with Gasteiger partial charge in [0.2, 0.25) is 15.9 Å². The van der Waals surface area contributed by atoms with Gasteiger partial charge in [0.1, 0.15) is 12.4 Å². The van der Waals surface area contributed by atoms with Crippen LogP contribution in [0.2, 0.25) is 0 Å². The molecule has 1 N–H and O–H groups in total. The molecule has 1 amide bonds. The molecule has 0 atom stereocenters. The Morgan fingerprint density at radius 3 is 2.57 bits per heavy atom. The Kier molecular flexibility index (Phi) is 6.33. The fourth-order valence-corrected chi connectivity index (χ4v) is 4.52. The number of benzene rings is 2. The summed E-state index contributed by atoms with van der Waals surface area (Å²) >= 11 is 0. The minimum absolute atomic E-state index is 0.00837. The first-order chi connectivity index (χ1) is 13.4. The molecule has 0 fully saturated rings. The van der Waals surface area contributed by atoms with Crippen molar-refractivity contribution in [2.75, 3.05) is 32.2 Å². The monoisotopic (exact) mass is 404 g/mol. The summed E-state index contributed by atoms with van der Waals surface area (Å²) in [5.41, 5.74) is 2.61. The number of hydrogen-bond acceptors (Lipinski definition) is 5. The van der Waals surface area contributed by atoms with E-state index < -0.39 is 10.0 Å². The molecule has 0 saturated heterocycles. The van der Waals surface area contributed by atoms with Crippen LogP contribution in [0, 0.1) is 0 Å². The van der Waals surface area contributed by atoms with Crippen molar-refractivity contribution in [2.45, 2.75) is 24.8 Å². The van der Waals surface area contributed by atoms with Crippen molar-refractivity contribution < 1.29 is 22.7 Å². The minimum Gasteiger partial charge on any atom is -0.497 e. The molecule has 0 bridgehead atoms. The largest absolute Gasteiger partial charge is 0.497 e. The molecule has 150 valence electrons. The lowest BCUT2D eigenvalue weighted by Crippen LogP contribution is -2.36. The summed E-state index contributed by atoms with van der Waals surface area (Å²) < 4.78 is 37.6. The number of nitrogens with one attached hydrogen (secondary N) is 1. The van der Waals surface area contributed by atoms with E-state index in [9.17, 15) is 13.2 Å². The van der Waals surface area contributed by atoms with Crippen molar-refractivity contribution in [3.8, 4) is 5.75 Å². The van der Waals surface area contributed by atoms with E-state index in [1.54, 1.807) is 24.3 Å². The number of amides is 1. The number of nitrogens with zero attached hydrogens (tertiary/aromatic N) is 1. The number of anilines is 1. The van der Waals surface area contributed by atoms with Gasteiger partial charge in [0.15, 0.2) is 0 Å². The summed E-state index contributed by atoms with van der Waals surface area (Å²) in [5, 5.41) is 2.78. The highest BCUT2D eigenvalue weighted by Gasteiger charge is 2.28. The predicted molar refractivity (Wildman–Crippen MR) is 106 cm³/mol. The highest BCUT2D eigenvalue weighted by molar-refractivity contribution is 7.89. The van der Waals surface area contributed by atoms with Crippen LogP contribution in [0.3, 0.4) is 0 Å². The van der Waals surface area contributed by atoms with Crippen LogP contribution < -0.4 is 10.1 Å². The van der Waals surface area contributed by atoms with Gasteiger partial charge in [0, 0.05) is 25.4 Å². The third kappa shape index (κ3) is 4.52. The van der Waals surface area contributed by atoms with Gasteiger partial charge in [-0.25, -0.2) is 8.42 Å². The maximum Gasteiger partial charge on any atom is 0.250 e. The van der Waals surface area contributed by atoms with Crippen LogP contribution in [0.15, 0.2) is 47.4 Å². The van der Waals surface area contributed by atoms with Crippen molar-refractivity contribution in [2.24, 2.45) is 0 Å². The van der Waals surface area contributed by atoms with E-state index in [4.69, 9.17) is 9.47 Å². The van der Waals surface area contributed by atoms with E-state index in [0.29, 0.717) is 31.0 Å². The van der Waals surface area contributed by atoms with E-state index in [1.165, 1.54) is 11.4 Å². The van der Waals surface area contributed by atoms with Gasteiger partial charge in [0.25, 0.3) is 0 Å². The van der Waals surface area contributed by atoms with E-state index in [2.05, 4.69) is 5.32 Å². The average Bonchev–Trinajstić information content (AvgIpc) is 2.71. The number of carbonyl (C=O) groups excluding carboxylic acids is 1. The number of sulfonamides is 1. The molecule has 1 aliphatic rings. The smallest absolute Gasteiger partial charge is 0.250 e. The van der Waals surface area contributed by atoms with Crippen LogP contribution in [0.5, 0.6) is 5.75 Å². The summed E-state index contributed by atoms with van der Waals surface area (Å²) in [4.78, 5) is 12.1. The Labute approximate surface area is 165 Å². The first-order valence-corrected chi connectivity index (χ1v) is 10.5. The van der Waals surface area contributed by atoms with Gasteiger partial charge in [0.05, 0.1) is 12.0 Å². The van der Waals surface area contributed by atoms with Crippen molar-refractivity contribution >= 4 is 21.6 Å². The lowest BCUT2D eigenvalue weighted by Gasteiger charge is -2.28. The standard InChI is InChI=1S/C20H24N2O5S/c1-3-27-14-20(23)21-17-5-4-15-10-11-22(13-16(15)12-17)28(24,25)19-8-6-18(26-2)7-9-19/h4-9,12H,3,10-11,13-14H2,1-2H3,(H,21,23). The van der Waals surface area contributed by atoms with E-state index in [1.807, 2.05) is 25.1 Å². The summed E-state index contributed by atoms with van der Waals surface area (Å²) in [6.07, 6.45) is 0.623. The summed E-state index contributed by atoms with van der Waals surface area (Å²) in [5.74, 6) is 0.371. The van der Waals surface area contributed by atoms with Gasteiger partial charge < -0.3 is 14.8 Å². The van der Waals surface area contributed by atoms with Gasteiger partial charge in [-0.1, -0.05) is 6.07 Å². The molecule has 0 aliphatic carbocycles. The zero-order chi connectivity index (χ0) is 20.1. The molecule has 2 aromatic rings. The molecule has 28 heavy (non-hydrogen) atoms. The summed E-state index contributed by atoms with van der Waals surface area (Å²) in [6.45, 7) is 2.96. The average molecular weight is 404 g/mol. The molecule has 0 aromatic heterocycles. The molecule has 0 unspecified atom stereocenters. The molecule has 0 saturated carbocycles. The highest BCUT2D eigenvalue weighted by atomic mass is 32.2. The molecule has 3 rings (SSSR count). The van der Waals surface area contributed by atoms with Crippen molar-refractivity contribution in [3.05, 3.63) is 53.6 Å².